The Bertz CT molecular complexity index is 484. The molecule has 1 aromatic heterocycles. The number of hydrogen-bond donors (Lipinski definition) is 2. The molecule has 0 spiro atoms. The van der Waals surface area contributed by atoms with E-state index in [0.717, 1.165) is 6.26 Å². The molecule has 2 N–H and O–H groups in total. The molecule has 0 aliphatic rings. The molecule has 0 fully saturated rings. The lowest BCUT2D eigenvalue weighted by Crippen LogP contribution is -2.25. The van der Waals surface area contributed by atoms with E-state index in [0.29, 0.717) is 0 Å². The standard InChI is InChI=1S/C7H10N4O4S/c1-4(9-7(12)13)5-3-8-6(11-10-5)16(2,14)15/h3-4,9H,1-2H3,(H,12,13). The molecule has 0 saturated carbocycles. The van der Waals surface area contributed by atoms with Crippen molar-refractivity contribution >= 4 is 15.9 Å². The Balaban J connectivity index is 2.91. The number of sulfone groups is 1. The van der Waals surface area contributed by atoms with Crippen molar-refractivity contribution < 1.29 is 18.3 Å². The first-order chi connectivity index (χ1) is 7.30. The van der Waals surface area contributed by atoms with Crippen LogP contribution in [0.2, 0.25) is 0 Å². The molecule has 88 valence electrons. The average Bonchev–Trinajstić information content (AvgIpc) is 2.15. The van der Waals surface area contributed by atoms with Crippen molar-refractivity contribution in [3.63, 3.8) is 0 Å². The van der Waals surface area contributed by atoms with E-state index in [1.165, 1.54) is 6.20 Å². The minimum Gasteiger partial charge on any atom is -0.465 e. The highest BCUT2D eigenvalue weighted by atomic mass is 32.2. The second-order valence-corrected chi connectivity index (χ2v) is 5.02. The van der Waals surface area contributed by atoms with E-state index in [9.17, 15) is 13.2 Å². The number of carboxylic acid groups (broad SMARTS) is 1. The third-order valence-corrected chi connectivity index (χ3v) is 2.52. The molecule has 0 radical (unpaired) electrons. The van der Waals surface area contributed by atoms with Gasteiger partial charge in [0, 0.05) is 6.26 Å². The molecule has 0 saturated heterocycles. The zero-order valence-corrected chi connectivity index (χ0v) is 9.39. The third kappa shape index (κ3) is 3.12. The molecule has 1 unspecified atom stereocenters. The lowest BCUT2D eigenvalue weighted by Gasteiger charge is -2.08. The summed E-state index contributed by atoms with van der Waals surface area (Å²) in [6.07, 6.45) is 0.925. The van der Waals surface area contributed by atoms with Crippen molar-refractivity contribution in [2.45, 2.75) is 18.1 Å². The van der Waals surface area contributed by atoms with E-state index >= 15 is 0 Å². The predicted molar refractivity (Wildman–Crippen MR) is 52.5 cm³/mol. The van der Waals surface area contributed by atoms with Crippen LogP contribution in [-0.2, 0) is 9.84 Å². The van der Waals surface area contributed by atoms with Crippen molar-refractivity contribution in [2.24, 2.45) is 0 Å². The molecule has 0 aromatic carbocycles. The number of aromatic nitrogens is 3. The Hall–Kier alpha value is -1.77. The minimum absolute atomic E-state index is 0.245. The van der Waals surface area contributed by atoms with Crippen molar-refractivity contribution in [3.8, 4) is 0 Å². The van der Waals surface area contributed by atoms with Gasteiger partial charge in [0.05, 0.1) is 12.2 Å². The summed E-state index contributed by atoms with van der Waals surface area (Å²) in [6, 6.07) is -0.605. The number of nitrogens with one attached hydrogen (secondary N) is 1. The highest BCUT2D eigenvalue weighted by Crippen LogP contribution is 2.07. The van der Waals surface area contributed by atoms with Gasteiger partial charge in [-0.3, -0.25) is 0 Å². The van der Waals surface area contributed by atoms with Crippen LogP contribution >= 0.6 is 0 Å². The quantitative estimate of drug-likeness (QED) is 0.744. The molecular weight excluding hydrogens is 236 g/mol. The fourth-order valence-electron chi connectivity index (χ4n) is 0.901. The van der Waals surface area contributed by atoms with Gasteiger partial charge in [-0.2, -0.15) is 0 Å². The van der Waals surface area contributed by atoms with Crippen LogP contribution in [0.25, 0.3) is 0 Å². The molecule has 1 rings (SSSR count). The molecule has 1 amide bonds. The largest absolute Gasteiger partial charge is 0.465 e. The zero-order valence-electron chi connectivity index (χ0n) is 8.58. The fraction of sp³-hybridized carbons (Fsp3) is 0.429. The molecule has 0 aliphatic heterocycles. The van der Waals surface area contributed by atoms with Crippen LogP contribution in [0.15, 0.2) is 11.4 Å². The van der Waals surface area contributed by atoms with Crippen molar-refractivity contribution in [2.75, 3.05) is 6.26 Å². The summed E-state index contributed by atoms with van der Waals surface area (Å²) in [7, 11) is -3.49. The first kappa shape index (κ1) is 12.3. The van der Waals surface area contributed by atoms with Gasteiger partial charge >= 0.3 is 6.09 Å². The summed E-state index contributed by atoms with van der Waals surface area (Å²) < 4.78 is 22.0. The van der Waals surface area contributed by atoms with Gasteiger partial charge in [-0.05, 0) is 6.92 Å². The van der Waals surface area contributed by atoms with E-state index in [1.54, 1.807) is 6.92 Å². The number of hydrogen-bond acceptors (Lipinski definition) is 6. The smallest absolute Gasteiger partial charge is 0.405 e. The molecule has 1 atom stereocenters. The van der Waals surface area contributed by atoms with Crippen LogP contribution in [0.3, 0.4) is 0 Å². The summed E-state index contributed by atoms with van der Waals surface area (Å²) >= 11 is 0. The highest BCUT2D eigenvalue weighted by molar-refractivity contribution is 7.90. The van der Waals surface area contributed by atoms with Gasteiger partial charge in [-0.15, -0.1) is 10.2 Å². The lowest BCUT2D eigenvalue weighted by molar-refractivity contribution is 0.190. The van der Waals surface area contributed by atoms with Gasteiger partial charge in [-0.1, -0.05) is 0 Å². The maximum Gasteiger partial charge on any atom is 0.405 e. The van der Waals surface area contributed by atoms with Gasteiger partial charge in [0.25, 0.3) is 5.16 Å². The summed E-state index contributed by atoms with van der Waals surface area (Å²) in [5, 5.41) is 17.2. The van der Waals surface area contributed by atoms with Crippen LogP contribution < -0.4 is 5.32 Å². The van der Waals surface area contributed by atoms with Crippen molar-refractivity contribution in [1.82, 2.24) is 20.5 Å². The maximum atomic E-state index is 11.0. The Morgan fingerprint density at radius 3 is 2.50 bits per heavy atom. The maximum absolute atomic E-state index is 11.0. The number of nitrogens with zero attached hydrogens (tertiary/aromatic N) is 3. The summed E-state index contributed by atoms with van der Waals surface area (Å²) in [5.74, 6) is 0. The molecule has 9 heteroatoms. The molecule has 1 heterocycles. The second kappa shape index (κ2) is 4.39. The molecule has 0 aliphatic carbocycles. The van der Waals surface area contributed by atoms with E-state index in [-0.39, 0.29) is 5.69 Å². The lowest BCUT2D eigenvalue weighted by atomic mass is 10.2. The second-order valence-electron chi connectivity index (χ2n) is 3.11. The SMILES string of the molecule is CC(NC(=O)O)c1cnc(S(C)(=O)=O)nn1. The fourth-order valence-corrected chi connectivity index (χ4v) is 1.33. The van der Waals surface area contributed by atoms with Gasteiger partial charge in [0.15, 0.2) is 0 Å². The summed E-state index contributed by atoms with van der Waals surface area (Å²) in [5.41, 5.74) is 0.245. The molecule has 16 heavy (non-hydrogen) atoms. The van der Waals surface area contributed by atoms with Gasteiger partial charge in [0.2, 0.25) is 9.84 Å². The topological polar surface area (TPSA) is 122 Å². The first-order valence-corrected chi connectivity index (χ1v) is 6.09. The van der Waals surface area contributed by atoms with E-state index in [1.807, 2.05) is 0 Å². The summed E-state index contributed by atoms with van der Waals surface area (Å²) in [4.78, 5) is 13.9. The van der Waals surface area contributed by atoms with Crippen LogP contribution in [0, 0.1) is 0 Å². The van der Waals surface area contributed by atoms with Crippen molar-refractivity contribution in [1.29, 1.82) is 0 Å². The third-order valence-electron chi connectivity index (χ3n) is 1.67. The Labute approximate surface area is 91.6 Å². The monoisotopic (exact) mass is 246 g/mol. The summed E-state index contributed by atoms with van der Waals surface area (Å²) in [6.45, 7) is 1.54. The van der Waals surface area contributed by atoms with E-state index < -0.39 is 27.1 Å². The number of carbonyl (C=O) groups is 1. The Morgan fingerprint density at radius 1 is 1.50 bits per heavy atom. The van der Waals surface area contributed by atoms with Crippen LogP contribution in [0.5, 0.6) is 0 Å². The van der Waals surface area contributed by atoms with Gasteiger partial charge in [0.1, 0.15) is 5.69 Å². The van der Waals surface area contributed by atoms with E-state index in [4.69, 9.17) is 5.11 Å². The van der Waals surface area contributed by atoms with E-state index in [2.05, 4.69) is 20.5 Å². The minimum atomic E-state index is -3.49. The number of amides is 1. The van der Waals surface area contributed by atoms with Crippen molar-refractivity contribution in [3.05, 3.63) is 11.9 Å². The molecule has 0 bridgehead atoms. The Kier molecular flexibility index (Phi) is 3.38. The highest BCUT2D eigenvalue weighted by Gasteiger charge is 2.14. The normalized spacial score (nSPS) is 13.1. The Morgan fingerprint density at radius 2 is 2.12 bits per heavy atom. The first-order valence-electron chi connectivity index (χ1n) is 4.20. The molecular formula is C7H10N4O4S. The van der Waals surface area contributed by atoms with Crippen LogP contribution in [-0.4, -0.2) is 41.1 Å². The van der Waals surface area contributed by atoms with Crippen LogP contribution in [0.4, 0.5) is 4.79 Å². The number of rotatable bonds is 3. The molecule has 8 nitrogen and oxygen atoms in total. The average molecular weight is 246 g/mol. The van der Waals surface area contributed by atoms with Gasteiger partial charge < -0.3 is 10.4 Å². The van der Waals surface area contributed by atoms with Gasteiger partial charge in [-0.25, -0.2) is 18.2 Å². The zero-order chi connectivity index (χ0) is 12.3. The van der Waals surface area contributed by atoms with Crippen LogP contribution in [0.1, 0.15) is 18.7 Å². The predicted octanol–water partition coefficient (Wildman–Crippen LogP) is -0.396. The molecule has 1 aromatic rings.